The van der Waals surface area contributed by atoms with E-state index in [9.17, 15) is 4.79 Å². The van der Waals surface area contributed by atoms with Crippen molar-refractivity contribution in [3.05, 3.63) is 52.0 Å². The number of pyridine rings is 1. The van der Waals surface area contributed by atoms with E-state index in [1.54, 1.807) is 31.9 Å². The van der Waals surface area contributed by atoms with Gasteiger partial charge in [0.2, 0.25) is 0 Å². The number of hydrogen-bond acceptors (Lipinski definition) is 3. The van der Waals surface area contributed by atoms with Gasteiger partial charge in [0, 0.05) is 24.4 Å². The summed E-state index contributed by atoms with van der Waals surface area (Å²) in [6, 6.07) is 3.87. The van der Waals surface area contributed by atoms with E-state index >= 15 is 0 Å². The van der Waals surface area contributed by atoms with Gasteiger partial charge in [-0.1, -0.05) is 12.7 Å². The molecule has 0 unspecified atom stereocenters. The highest BCUT2D eigenvalue weighted by Gasteiger charge is 2.14. The van der Waals surface area contributed by atoms with Crippen LogP contribution in [-0.4, -0.2) is 18.8 Å². The Kier molecular flexibility index (Phi) is 4.40. The van der Waals surface area contributed by atoms with Crippen LogP contribution in [-0.2, 0) is 7.05 Å². The number of methoxy groups -OCH3 is 2. The van der Waals surface area contributed by atoms with Crippen LogP contribution in [0.3, 0.4) is 0 Å². The Morgan fingerprint density at radius 2 is 1.64 bits per heavy atom. The zero-order chi connectivity index (χ0) is 16.4. The highest BCUT2D eigenvalue weighted by atomic mass is 16.5. The van der Waals surface area contributed by atoms with Crippen LogP contribution < -0.4 is 15.0 Å². The first-order valence-electron chi connectivity index (χ1n) is 7.00. The normalized spacial score (nSPS) is 10.4. The molecule has 0 aliphatic heterocycles. The molecule has 0 spiro atoms. The van der Waals surface area contributed by atoms with Crippen LogP contribution in [0.5, 0.6) is 11.5 Å². The first-order chi connectivity index (χ1) is 10.4. The fourth-order valence-electron chi connectivity index (χ4n) is 2.56. The molecular weight excluding hydrogens is 278 g/mol. The third-order valence-electron chi connectivity index (χ3n) is 3.99. The van der Waals surface area contributed by atoms with E-state index in [2.05, 4.69) is 6.58 Å². The highest BCUT2D eigenvalue weighted by molar-refractivity contribution is 5.75. The summed E-state index contributed by atoms with van der Waals surface area (Å²) >= 11 is 0. The monoisotopic (exact) mass is 299 g/mol. The van der Waals surface area contributed by atoms with Crippen molar-refractivity contribution in [1.29, 1.82) is 0 Å². The average Bonchev–Trinajstić information content (AvgIpc) is 2.54. The van der Waals surface area contributed by atoms with Gasteiger partial charge in [0.25, 0.3) is 5.56 Å². The third-order valence-corrected chi connectivity index (χ3v) is 3.99. The Balaban J connectivity index is 2.79. The molecule has 1 heterocycles. The van der Waals surface area contributed by atoms with Crippen LogP contribution in [0.1, 0.15) is 16.7 Å². The van der Waals surface area contributed by atoms with Crippen molar-refractivity contribution in [2.75, 3.05) is 14.2 Å². The van der Waals surface area contributed by atoms with Gasteiger partial charge in [-0.15, -0.1) is 0 Å². The number of aryl methyl sites for hydroxylation is 1. The molecule has 0 atom stereocenters. The zero-order valence-corrected chi connectivity index (χ0v) is 13.7. The van der Waals surface area contributed by atoms with Crippen molar-refractivity contribution in [2.24, 2.45) is 7.05 Å². The second-order valence-electron chi connectivity index (χ2n) is 5.21. The molecule has 4 heteroatoms. The quantitative estimate of drug-likeness (QED) is 0.869. The van der Waals surface area contributed by atoms with Crippen molar-refractivity contribution >= 4 is 6.08 Å². The van der Waals surface area contributed by atoms with Gasteiger partial charge in [-0.3, -0.25) is 4.79 Å². The van der Waals surface area contributed by atoms with Gasteiger partial charge in [0.1, 0.15) is 11.5 Å². The summed E-state index contributed by atoms with van der Waals surface area (Å²) in [4.78, 5) is 12.0. The van der Waals surface area contributed by atoms with Gasteiger partial charge in [0.05, 0.1) is 19.8 Å². The molecule has 0 amide bonds. The van der Waals surface area contributed by atoms with Crippen LogP contribution in [0.2, 0.25) is 0 Å². The Labute approximate surface area is 130 Å². The predicted octanol–water partition coefficient (Wildman–Crippen LogP) is 3.33. The molecule has 0 bridgehead atoms. The highest BCUT2D eigenvalue weighted by Crippen LogP contribution is 2.36. The molecule has 22 heavy (non-hydrogen) atoms. The van der Waals surface area contributed by atoms with Crippen LogP contribution >= 0.6 is 0 Å². The van der Waals surface area contributed by atoms with Crippen molar-refractivity contribution in [3.63, 3.8) is 0 Å². The molecular formula is C18H21NO3. The molecule has 1 aromatic carbocycles. The van der Waals surface area contributed by atoms with Crippen molar-refractivity contribution < 1.29 is 9.47 Å². The topological polar surface area (TPSA) is 40.5 Å². The predicted molar refractivity (Wildman–Crippen MR) is 89.8 cm³/mol. The summed E-state index contributed by atoms with van der Waals surface area (Å²) in [6.45, 7) is 7.59. The number of aromatic nitrogens is 1. The molecule has 0 radical (unpaired) electrons. The smallest absolute Gasteiger partial charge is 0.253 e. The molecule has 116 valence electrons. The molecule has 0 aliphatic carbocycles. The van der Waals surface area contributed by atoms with Gasteiger partial charge in [-0.05, 0) is 37.1 Å². The number of rotatable bonds is 4. The lowest BCUT2D eigenvalue weighted by molar-refractivity contribution is 0.393. The number of hydrogen-bond donors (Lipinski definition) is 0. The number of ether oxygens (including phenoxy) is 2. The van der Waals surface area contributed by atoms with Gasteiger partial charge in [-0.25, -0.2) is 0 Å². The Morgan fingerprint density at radius 3 is 2.09 bits per heavy atom. The SMILES string of the molecule is C=Cc1c(OC)cc(-c2cn(C)c(=O)c(C)c2C)cc1OC. The van der Waals surface area contributed by atoms with Gasteiger partial charge < -0.3 is 14.0 Å². The second kappa shape index (κ2) is 6.10. The second-order valence-corrected chi connectivity index (χ2v) is 5.21. The average molecular weight is 299 g/mol. The molecule has 0 saturated carbocycles. The van der Waals surface area contributed by atoms with E-state index in [4.69, 9.17) is 9.47 Å². The minimum absolute atomic E-state index is 0.0166. The lowest BCUT2D eigenvalue weighted by atomic mass is 9.97. The number of nitrogens with zero attached hydrogens (tertiary/aromatic N) is 1. The summed E-state index contributed by atoms with van der Waals surface area (Å²) in [6.07, 6.45) is 3.55. The molecule has 4 nitrogen and oxygen atoms in total. The molecule has 2 rings (SSSR count). The fraction of sp³-hybridized carbons (Fsp3) is 0.278. The van der Waals surface area contributed by atoms with E-state index < -0.39 is 0 Å². The molecule has 0 saturated heterocycles. The Hall–Kier alpha value is -2.49. The summed E-state index contributed by atoms with van der Waals surface area (Å²) in [7, 11) is 4.99. The maximum atomic E-state index is 12.0. The van der Waals surface area contributed by atoms with Crippen LogP contribution in [0.4, 0.5) is 0 Å². The summed E-state index contributed by atoms with van der Waals surface area (Å²) in [5.74, 6) is 1.38. The molecule has 0 aliphatic rings. The summed E-state index contributed by atoms with van der Waals surface area (Å²) in [5, 5.41) is 0. The maximum absolute atomic E-state index is 12.0. The van der Waals surface area contributed by atoms with E-state index in [0.29, 0.717) is 11.5 Å². The van der Waals surface area contributed by atoms with E-state index in [1.165, 1.54) is 0 Å². The van der Waals surface area contributed by atoms with Crippen molar-refractivity contribution in [1.82, 2.24) is 4.57 Å². The minimum atomic E-state index is 0.0166. The van der Waals surface area contributed by atoms with Gasteiger partial charge in [0.15, 0.2) is 0 Å². The summed E-state index contributed by atoms with van der Waals surface area (Å²) in [5.41, 5.74) is 4.45. The van der Waals surface area contributed by atoms with Gasteiger partial charge >= 0.3 is 0 Å². The molecule has 2 aromatic rings. The zero-order valence-electron chi connectivity index (χ0n) is 13.7. The first-order valence-corrected chi connectivity index (χ1v) is 7.00. The molecule has 0 fully saturated rings. The lowest BCUT2D eigenvalue weighted by Crippen LogP contribution is -2.20. The van der Waals surface area contributed by atoms with E-state index in [0.717, 1.165) is 27.8 Å². The van der Waals surface area contributed by atoms with Crippen LogP contribution in [0.25, 0.3) is 17.2 Å². The van der Waals surface area contributed by atoms with Gasteiger partial charge in [-0.2, -0.15) is 0 Å². The maximum Gasteiger partial charge on any atom is 0.253 e. The van der Waals surface area contributed by atoms with E-state index in [-0.39, 0.29) is 5.56 Å². The fourth-order valence-corrected chi connectivity index (χ4v) is 2.56. The standard InChI is InChI=1S/C18H21NO3/c1-7-14-16(21-5)8-13(9-17(14)22-6)15-10-19(4)18(20)12(3)11(15)2/h7-10H,1H2,2-6H3. The summed E-state index contributed by atoms with van der Waals surface area (Å²) < 4.78 is 12.5. The van der Waals surface area contributed by atoms with Crippen molar-refractivity contribution in [3.8, 4) is 22.6 Å². The minimum Gasteiger partial charge on any atom is -0.496 e. The molecule has 1 aromatic heterocycles. The first kappa shape index (κ1) is 15.9. The van der Waals surface area contributed by atoms with Crippen LogP contribution in [0.15, 0.2) is 29.7 Å². The number of benzene rings is 1. The van der Waals surface area contributed by atoms with E-state index in [1.807, 2.05) is 32.2 Å². The van der Waals surface area contributed by atoms with Crippen LogP contribution in [0, 0.1) is 13.8 Å². The Bertz CT molecular complexity index is 763. The Morgan fingerprint density at radius 1 is 1.09 bits per heavy atom. The third kappa shape index (κ3) is 2.52. The molecule has 0 N–H and O–H groups in total. The largest absolute Gasteiger partial charge is 0.496 e. The van der Waals surface area contributed by atoms with Crippen molar-refractivity contribution in [2.45, 2.75) is 13.8 Å². The lowest BCUT2D eigenvalue weighted by Gasteiger charge is -2.16.